The number of nitro benzene ring substituents is 1. The maximum absolute atomic E-state index is 14.1. The number of ether oxygens (including phenoxy) is 4. The van der Waals surface area contributed by atoms with Gasteiger partial charge in [0.15, 0.2) is 22.9 Å². The average Bonchev–Trinajstić information content (AvgIpc) is 3.63. The molecule has 47 heavy (non-hydrogen) atoms. The number of aryl methyl sites for hydroxylation is 1. The largest absolute Gasteiger partial charge is 0.490 e. The first-order chi connectivity index (χ1) is 22.6. The van der Waals surface area contributed by atoms with E-state index in [-0.39, 0.29) is 41.4 Å². The van der Waals surface area contributed by atoms with Gasteiger partial charge in [-0.25, -0.2) is 14.6 Å². The van der Waals surface area contributed by atoms with Gasteiger partial charge in [0.25, 0.3) is 11.2 Å². The van der Waals surface area contributed by atoms with E-state index in [2.05, 4.69) is 9.73 Å². The molecule has 2 aromatic heterocycles. The fourth-order valence-corrected chi connectivity index (χ4v) is 6.10. The predicted octanol–water partition coefficient (Wildman–Crippen LogP) is 4.23. The van der Waals surface area contributed by atoms with Crippen LogP contribution in [0.3, 0.4) is 0 Å². The van der Waals surface area contributed by atoms with Gasteiger partial charge in [0.05, 0.1) is 47.1 Å². The Hall–Kier alpha value is -5.50. The number of nitro groups is 1. The van der Waals surface area contributed by atoms with Crippen LogP contribution in [0.1, 0.15) is 43.7 Å². The van der Waals surface area contributed by atoms with Crippen LogP contribution in [-0.2, 0) is 19.1 Å². The summed E-state index contributed by atoms with van der Waals surface area (Å²) in [4.78, 5) is 54.8. The standard InChI is InChI=1S/C33H31N3O10S/c1-6-43-26-14-20(9-12-25(26)45-17-28(37)42-5)30-29(32(39)44-7-2)19(4)34-33-35(30)31(38)27(47-33)16-22-11-13-24(46-22)23-15-21(36(40)41)10-8-18(23)3/h8-16,30H,6-7,17H2,1-5H3/b27-16-/t30-/m1/s1. The predicted molar refractivity (Wildman–Crippen MR) is 171 cm³/mol. The van der Waals surface area contributed by atoms with Gasteiger partial charge in [-0.15, -0.1) is 0 Å². The molecule has 0 saturated carbocycles. The van der Waals surface area contributed by atoms with Gasteiger partial charge in [0, 0.05) is 23.8 Å². The maximum Gasteiger partial charge on any atom is 0.343 e. The van der Waals surface area contributed by atoms with Crippen LogP contribution in [0.25, 0.3) is 17.4 Å². The molecule has 1 aliphatic heterocycles. The molecule has 1 atom stereocenters. The summed E-state index contributed by atoms with van der Waals surface area (Å²) in [6.07, 6.45) is 1.57. The number of furan rings is 1. The smallest absolute Gasteiger partial charge is 0.343 e. The number of hydrogen-bond acceptors (Lipinski definition) is 12. The highest BCUT2D eigenvalue weighted by molar-refractivity contribution is 7.07. The van der Waals surface area contributed by atoms with Crippen molar-refractivity contribution < 1.29 is 37.9 Å². The Labute approximate surface area is 272 Å². The molecule has 0 spiro atoms. The van der Waals surface area contributed by atoms with E-state index in [1.54, 1.807) is 63.2 Å². The van der Waals surface area contributed by atoms with Crippen LogP contribution in [0.5, 0.6) is 11.5 Å². The first-order valence-electron chi connectivity index (χ1n) is 14.6. The van der Waals surface area contributed by atoms with Crippen molar-refractivity contribution in [2.45, 2.75) is 33.7 Å². The van der Waals surface area contributed by atoms with Gasteiger partial charge in [0.1, 0.15) is 11.5 Å². The lowest BCUT2D eigenvalue weighted by Crippen LogP contribution is -2.40. The third-order valence-electron chi connectivity index (χ3n) is 7.27. The summed E-state index contributed by atoms with van der Waals surface area (Å²) in [6.45, 7) is 7.02. The maximum atomic E-state index is 14.1. The Morgan fingerprint density at radius 1 is 1.06 bits per heavy atom. The van der Waals surface area contributed by atoms with Crippen molar-refractivity contribution in [3.05, 3.63) is 106 Å². The van der Waals surface area contributed by atoms with Crippen LogP contribution in [0.15, 0.2) is 74.0 Å². The molecule has 244 valence electrons. The molecule has 0 amide bonds. The first kappa shape index (κ1) is 32.9. The molecule has 5 rings (SSSR count). The Morgan fingerprint density at radius 2 is 1.85 bits per heavy atom. The van der Waals surface area contributed by atoms with Gasteiger partial charge in [-0.2, -0.15) is 0 Å². The van der Waals surface area contributed by atoms with Crippen LogP contribution < -0.4 is 24.4 Å². The summed E-state index contributed by atoms with van der Waals surface area (Å²) in [5.41, 5.74) is 1.92. The van der Waals surface area contributed by atoms with Crippen molar-refractivity contribution in [1.82, 2.24) is 4.57 Å². The fourth-order valence-electron chi connectivity index (χ4n) is 5.08. The molecule has 0 N–H and O–H groups in total. The molecule has 1 aliphatic rings. The summed E-state index contributed by atoms with van der Waals surface area (Å²) in [5, 5.41) is 11.3. The Kier molecular flexibility index (Phi) is 9.70. The quantitative estimate of drug-likeness (QED) is 0.129. The molecule has 4 aromatic rings. The molecule has 14 heteroatoms. The number of esters is 2. The third-order valence-corrected chi connectivity index (χ3v) is 8.25. The van der Waals surface area contributed by atoms with Gasteiger partial charge >= 0.3 is 11.9 Å². The molecule has 0 unspecified atom stereocenters. The number of methoxy groups -OCH3 is 1. The number of allylic oxidation sites excluding steroid dienone is 1. The second-order valence-corrected chi connectivity index (χ2v) is 11.3. The minimum absolute atomic E-state index is 0.0693. The number of hydrogen-bond donors (Lipinski definition) is 0. The van der Waals surface area contributed by atoms with Crippen molar-refractivity contribution in [1.29, 1.82) is 0 Å². The number of non-ortho nitro benzene ring substituents is 1. The number of rotatable bonds is 11. The van der Waals surface area contributed by atoms with Gasteiger partial charge in [0.2, 0.25) is 0 Å². The van der Waals surface area contributed by atoms with Crippen LogP contribution in [0.2, 0.25) is 0 Å². The van der Waals surface area contributed by atoms with Crippen molar-refractivity contribution >= 4 is 35.0 Å². The topological polar surface area (TPSA) is 162 Å². The lowest BCUT2D eigenvalue weighted by molar-refractivity contribution is -0.384. The van der Waals surface area contributed by atoms with E-state index >= 15 is 0 Å². The van der Waals surface area contributed by atoms with Crippen molar-refractivity contribution in [2.75, 3.05) is 26.9 Å². The van der Waals surface area contributed by atoms with Crippen LogP contribution in [0, 0.1) is 17.0 Å². The van der Waals surface area contributed by atoms with E-state index in [1.807, 2.05) is 6.92 Å². The van der Waals surface area contributed by atoms with E-state index in [0.29, 0.717) is 38.9 Å². The minimum atomic E-state index is -0.930. The van der Waals surface area contributed by atoms with Crippen LogP contribution >= 0.6 is 11.3 Å². The van der Waals surface area contributed by atoms with Crippen molar-refractivity contribution in [2.24, 2.45) is 4.99 Å². The summed E-state index contributed by atoms with van der Waals surface area (Å²) in [7, 11) is 1.25. The lowest BCUT2D eigenvalue weighted by atomic mass is 9.95. The zero-order valence-corrected chi connectivity index (χ0v) is 27.0. The van der Waals surface area contributed by atoms with Gasteiger partial charge in [-0.3, -0.25) is 19.5 Å². The summed E-state index contributed by atoms with van der Waals surface area (Å²) in [5.74, 6) is 0.130. The molecular formula is C33H31N3O10S. The van der Waals surface area contributed by atoms with E-state index in [1.165, 1.54) is 23.8 Å². The number of fused-ring (bicyclic) bond motifs is 1. The normalized spacial score (nSPS) is 14.3. The molecule has 0 bridgehead atoms. The Bertz CT molecular complexity index is 2090. The first-order valence-corrected chi connectivity index (χ1v) is 15.4. The highest BCUT2D eigenvalue weighted by Gasteiger charge is 2.34. The van der Waals surface area contributed by atoms with Gasteiger partial charge < -0.3 is 23.4 Å². The Balaban J connectivity index is 1.62. The Morgan fingerprint density at radius 3 is 2.55 bits per heavy atom. The minimum Gasteiger partial charge on any atom is -0.490 e. The molecule has 3 heterocycles. The van der Waals surface area contributed by atoms with E-state index in [4.69, 9.17) is 18.6 Å². The number of carbonyl (C=O) groups excluding carboxylic acids is 2. The molecule has 0 saturated heterocycles. The summed E-state index contributed by atoms with van der Waals surface area (Å²) in [6, 6.07) is 11.8. The molecule has 0 fully saturated rings. The van der Waals surface area contributed by atoms with Crippen molar-refractivity contribution in [3.8, 4) is 22.8 Å². The zero-order valence-electron chi connectivity index (χ0n) is 26.2. The van der Waals surface area contributed by atoms with Crippen LogP contribution in [0.4, 0.5) is 5.69 Å². The van der Waals surface area contributed by atoms with Crippen molar-refractivity contribution in [3.63, 3.8) is 0 Å². The third kappa shape index (κ3) is 6.72. The second kappa shape index (κ2) is 13.9. The molecule has 0 radical (unpaired) electrons. The summed E-state index contributed by atoms with van der Waals surface area (Å²) >= 11 is 1.12. The molecule has 2 aromatic carbocycles. The highest BCUT2D eigenvalue weighted by atomic mass is 32.1. The molecule has 13 nitrogen and oxygen atoms in total. The highest BCUT2D eigenvalue weighted by Crippen LogP contribution is 2.36. The average molecular weight is 662 g/mol. The van der Waals surface area contributed by atoms with Gasteiger partial charge in [-0.1, -0.05) is 23.5 Å². The SMILES string of the molecule is CCOC(=O)C1=C(C)N=c2s/c(=C\c3ccc(-c4cc([N+](=O)[O-])ccc4C)o3)c(=O)n2[C@@H]1c1ccc(OCC(=O)OC)c(OCC)c1. The monoisotopic (exact) mass is 661 g/mol. The summed E-state index contributed by atoms with van der Waals surface area (Å²) < 4.78 is 29.2. The number of benzene rings is 2. The number of carbonyl (C=O) groups is 2. The van der Waals surface area contributed by atoms with E-state index < -0.39 is 28.5 Å². The van der Waals surface area contributed by atoms with Crippen LogP contribution in [-0.4, -0.2) is 48.4 Å². The van der Waals surface area contributed by atoms with Gasteiger partial charge in [-0.05, 0) is 63.1 Å². The molecule has 0 aliphatic carbocycles. The number of aromatic nitrogens is 1. The number of thiazole rings is 1. The zero-order chi connectivity index (χ0) is 33.8. The van der Waals surface area contributed by atoms with E-state index in [0.717, 1.165) is 16.9 Å². The second-order valence-electron chi connectivity index (χ2n) is 10.3. The fraction of sp³-hybridized carbons (Fsp3) is 0.273. The lowest BCUT2D eigenvalue weighted by Gasteiger charge is -2.25. The number of nitrogens with zero attached hydrogens (tertiary/aromatic N) is 3. The van der Waals surface area contributed by atoms with E-state index in [9.17, 15) is 24.5 Å². The molecular weight excluding hydrogens is 630 g/mol.